The van der Waals surface area contributed by atoms with Gasteiger partial charge >= 0.3 is 0 Å². The fourth-order valence-corrected chi connectivity index (χ4v) is 1.78. The van der Waals surface area contributed by atoms with E-state index in [-0.39, 0.29) is 19.5 Å². The number of hydrogen-bond donors (Lipinski definition) is 0. The Morgan fingerprint density at radius 2 is 2.24 bits per heavy atom. The normalized spacial score (nSPS) is 10.1. The monoisotopic (exact) mass is 291 g/mol. The van der Waals surface area contributed by atoms with Gasteiger partial charge in [0.15, 0.2) is 5.82 Å². The van der Waals surface area contributed by atoms with Gasteiger partial charge in [-0.25, -0.2) is 9.37 Å². The number of carbonyl (C=O) groups is 1. The molecular weight excluding hydrogens is 280 g/mol. The lowest BCUT2D eigenvalue weighted by atomic mass is 10.2. The molecule has 0 aliphatic carbocycles. The van der Waals surface area contributed by atoms with Crippen LogP contribution in [0.5, 0.6) is 0 Å². The van der Waals surface area contributed by atoms with Gasteiger partial charge in [-0.2, -0.15) is 9.65 Å². The molecule has 5 nitrogen and oxygen atoms in total. The highest BCUT2D eigenvalue weighted by molar-refractivity contribution is 5.94. The molecule has 0 saturated carbocycles. The van der Waals surface area contributed by atoms with Gasteiger partial charge in [0.25, 0.3) is 5.91 Å². The highest BCUT2D eigenvalue weighted by Gasteiger charge is 2.22. The number of halogens is 2. The van der Waals surface area contributed by atoms with Gasteiger partial charge in [-0.05, 0) is 18.2 Å². The van der Waals surface area contributed by atoms with Crippen LogP contribution in [0.1, 0.15) is 22.5 Å². The van der Waals surface area contributed by atoms with E-state index in [0.717, 1.165) is 12.3 Å². The van der Waals surface area contributed by atoms with Crippen molar-refractivity contribution in [3.63, 3.8) is 0 Å². The van der Waals surface area contributed by atoms with Gasteiger partial charge < -0.3 is 9.32 Å². The summed E-state index contributed by atoms with van der Waals surface area (Å²) in [5, 5.41) is 8.64. The maximum atomic E-state index is 13.6. The zero-order valence-corrected chi connectivity index (χ0v) is 10.9. The zero-order valence-electron chi connectivity index (χ0n) is 10.9. The van der Waals surface area contributed by atoms with E-state index >= 15 is 0 Å². The van der Waals surface area contributed by atoms with Crippen molar-refractivity contribution in [3.05, 3.63) is 53.7 Å². The van der Waals surface area contributed by atoms with Crippen LogP contribution >= 0.6 is 0 Å². The first kappa shape index (κ1) is 14.7. The molecule has 7 heteroatoms. The molecule has 2 heterocycles. The first-order valence-electron chi connectivity index (χ1n) is 6.12. The number of pyridine rings is 1. The van der Waals surface area contributed by atoms with Crippen LogP contribution in [0.15, 0.2) is 35.1 Å². The summed E-state index contributed by atoms with van der Waals surface area (Å²) in [6.45, 7) is 0.149. The predicted octanol–water partition coefficient (Wildman–Crippen LogP) is 2.51. The fraction of sp³-hybridized carbons (Fsp3) is 0.214. The molecule has 0 radical (unpaired) electrons. The number of amides is 1. The van der Waals surface area contributed by atoms with Gasteiger partial charge in [0.1, 0.15) is 5.76 Å². The summed E-state index contributed by atoms with van der Waals surface area (Å²) in [5.74, 6) is -2.88. The van der Waals surface area contributed by atoms with Crippen LogP contribution in [0.2, 0.25) is 0 Å². The van der Waals surface area contributed by atoms with Crippen LogP contribution < -0.4 is 0 Å². The second kappa shape index (κ2) is 6.61. The molecule has 0 aromatic carbocycles. The van der Waals surface area contributed by atoms with E-state index in [1.807, 2.05) is 6.07 Å². The van der Waals surface area contributed by atoms with Crippen molar-refractivity contribution in [2.45, 2.75) is 13.0 Å². The molecule has 2 aromatic rings. The van der Waals surface area contributed by atoms with E-state index in [1.165, 1.54) is 11.2 Å². The second-order valence-corrected chi connectivity index (χ2v) is 4.18. The maximum Gasteiger partial charge on any atom is 0.257 e. The first-order valence-corrected chi connectivity index (χ1v) is 6.12. The van der Waals surface area contributed by atoms with E-state index in [1.54, 1.807) is 12.1 Å². The third kappa shape index (κ3) is 3.42. The molecule has 0 unspecified atom stereocenters. The van der Waals surface area contributed by atoms with Crippen molar-refractivity contribution in [2.24, 2.45) is 0 Å². The van der Waals surface area contributed by atoms with E-state index in [9.17, 15) is 13.6 Å². The maximum absolute atomic E-state index is 13.6. The molecule has 21 heavy (non-hydrogen) atoms. The van der Waals surface area contributed by atoms with Crippen molar-refractivity contribution in [1.82, 2.24) is 9.88 Å². The molecule has 0 aliphatic heterocycles. The zero-order chi connectivity index (χ0) is 15.2. The van der Waals surface area contributed by atoms with E-state index in [4.69, 9.17) is 9.68 Å². The summed E-state index contributed by atoms with van der Waals surface area (Å²) >= 11 is 0. The lowest BCUT2D eigenvalue weighted by molar-refractivity contribution is 0.0729. The average Bonchev–Trinajstić information content (AvgIpc) is 2.98. The highest BCUT2D eigenvalue weighted by atomic mass is 19.2. The second-order valence-electron chi connectivity index (χ2n) is 4.18. The van der Waals surface area contributed by atoms with Crippen molar-refractivity contribution >= 4 is 5.91 Å². The number of carbonyl (C=O) groups excluding carboxylic acids is 1. The van der Waals surface area contributed by atoms with Crippen molar-refractivity contribution in [2.75, 3.05) is 6.54 Å². The summed E-state index contributed by atoms with van der Waals surface area (Å²) in [5.41, 5.74) is -0.424. The molecule has 2 aromatic heterocycles. The van der Waals surface area contributed by atoms with Crippen molar-refractivity contribution < 1.29 is 18.0 Å². The fourth-order valence-electron chi connectivity index (χ4n) is 1.78. The summed E-state index contributed by atoms with van der Waals surface area (Å²) < 4.78 is 31.9. The van der Waals surface area contributed by atoms with Gasteiger partial charge in [-0.1, -0.05) is 0 Å². The van der Waals surface area contributed by atoms with E-state index < -0.39 is 23.2 Å². The quantitative estimate of drug-likeness (QED) is 0.794. The van der Waals surface area contributed by atoms with Crippen LogP contribution in [-0.4, -0.2) is 22.3 Å². The van der Waals surface area contributed by atoms with Gasteiger partial charge in [-0.3, -0.25) is 4.79 Å². The van der Waals surface area contributed by atoms with Crippen molar-refractivity contribution in [1.29, 1.82) is 5.26 Å². The SMILES string of the molecule is N#CCCN(Cc1ccco1)C(=O)c1ccnc(F)c1F. The predicted molar refractivity (Wildman–Crippen MR) is 67.8 cm³/mol. The minimum absolute atomic E-state index is 0.0664. The Kier molecular flexibility index (Phi) is 4.61. The lowest BCUT2D eigenvalue weighted by Crippen LogP contribution is -2.32. The smallest absolute Gasteiger partial charge is 0.257 e. The molecule has 0 atom stereocenters. The molecule has 0 spiro atoms. The minimum atomic E-state index is -1.33. The third-order valence-corrected chi connectivity index (χ3v) is 2.78. The van der Waals surface area contributed by atoms with Crippen LogP contribution in [0.3, 0.4) is 0 Å². The Morgan fingerprint density at radius 3 is 2.90 bits per heavy atom. The van der Waals surface area contributed by atoms with Crippen molar-refractivity contribution in [3.8, 4) is 6.07 Å². The number of nitriles is 1. The number of hydrogen-bond acceptors (Lipinski definition) is 4. The van der Waals surface area contributed by atoms with Gasteiger partial charge in [-0.15, -0.1) is 0 Å². The number of aromatic nitrogens is 1. The molecule has 0 N–H and O–H groups in total. The number of rotatable bonds is 5. The molecule has 1 amide bonds. The largest absolute Gasteiger partial charge is 0.467 e. The van der Waals surface area contributed by atoms with Crippen LogP contribution in [0.25, 0.3) is 0 Å². The van der Waals surface area contributed by atoms with Gasteiger partial charge in [0.2, 0.25) is 5.95 Å². The summed E-state index contributed by atoms with van der Waals surface area (Å²) in [7, 11) is 0. The van der Waals surface area contributed by atoms with Crippen LogP contribution in [0.4, 0.5) is 8.78 Å². The van der Waals surface area contributed by atoms with E-state index in [2.05, 4.69) is 4.98 Å². The lowest BCUT2D eigenvalue weighted by Gasteiger charge is -2.20. The summed E-state index contributed by atoms with van der Waals surface area (Å²) in [6, 6.07) is 6.30. The van der Waals surface area contributed by atoms with E-state index in [0.29, 0.717) is 5.76 Å². The average molecular weight is 291 g/mol. The molecule has 0 saturated heterocycles. The number of furan rings is 1. The topological polar surface area (TPSA) is 70.1 Å². The van der Waals surface area contributed by atoms with Gasteiger partial charge in [0.05, 0.1) is 30.9 Å². The highest BCUT2D eigenvalue weighted by Crippen LogP contribution is 2.15. The third-order valence-electron chi connectivity index (χ3n) is 2.78. The molecule has 2 rings (SSSR count). The Morgan fingerprint density at radius 1 is 1.43 bits per heavy atom. The van der Waals surface area contributed by atoms with Gasteiger partial charge in [0, 0.05) is 12.7 Å². The minimum Gasteiger partial charge on any atom is -0.467 e. The molecule has 0 aliphatic rings. The van der Waals surface area contributed by atoms with Crippen LogP contribution in [-0.2, 0) is 6.54 Å². The molecule has 0 bridgehead atoms. The Balaban J connectivity index is 2.25. The van der Waals surface area contributed by atoms with Crippen LogP contribution in [0, 0.1) is 23.1 Å². The molecular formula is C14H11F2N3O2. The molecule has 0 fully saturated rings. The summed E-state index contributed by atoms with van der Waals surface area (Å²) in [4.78, 5) is 16.6. The Labute approximate surface area is 119 Å². The summed E-state index contributed by atoms with van der Waals surface area (Å²) in [6.07, 6.45) is 2.53. The Hall–Kier alpha value is -2.75. The number of nitrogens with zero attached hydrogens (tertiary/aromatic N) is 3. The standard InChI is InChI=1S/C14H11F2N3O2/c15-12-11(4-6-18-13(12)16)14(20)19(7-2-5-17)9-10-3-1-8-21-10/h1,3-4,6,8H,2,7,9H2. The molecule has 108 valence electrons. The first-order chi connectivity index (χ1) is 10.1. The Bertz CT molecular complexity index is 665.